The van der Waals surface area contributed by atoms with Crippen LogP contribution in [0.2, 0.25) is 0 Å². The van der Waals surface area contributed by atoms with E-state index in [0.29, 0.717) is 5.56 Å². The molecule has 1 aromatic carbocycles. The number of hydrogen-bond donors (Lipinski definition) is 1. The second-order valence-electron chi connectivity index (χ2n) is 4.24. The van der Waals surface area contributed by atoms with E-state index in [1.165, 1.54) is 0 Å². The molecule has 3 nitrogen and oxygen atoms in total. The minimum absolute atomic E-state index is 0.0210. The monoisotopic (exact) mass is 318 g/mol. The molecule has 1 amide bonds. The summed E-state index contributed by atoms with van der Waals surface area (Å²) < 4.78 is 0.799. The first-order valence-corrected chi connectivity index (χ1v) is 6.96. The third kappa shape index (κ3) is 3.64. The zero-order valence-electron chi connectivity index (χ0n) is 10.6. The van der Waals surface area contributed by atoms with Gasteiger partial charge in [0.2, 0.25) is 0 Å². The fourth-order valence-corrected chi connectivity index (χ4v) is 2.25. The maximum Gasteiger partial charge on any atom is 0.253 e. The van der Waals surface area contributed by atoms with E-state index in [4.69, 9.17) is 0 Å². The first-order valence-electron chi connectivity index (χ1n) is 6.17. The van der Waals surface area contributed by atoms with Gasteiger partial charge in [-0.15, -0.1) is 0 Å². The summed E-state index contributed by atoms with van der Waals surface area (Å²) >= 11 is 3.32. The molecule has 0 saturated heterocycles. The lowest BCUT2D eigenvalue weighted by molar-refractivity contribution is 0.0935. The molecule has 0 fully saturated rings. The van der Waals surface area contributed by atoms with Gasteiger partial charge in [-0.25, -0.2) is 0 Å². The fourth-order valence-electron chi connectivity index (χ4n) is 1.88. The molecule has 0 aliphatic carbocycles. The molecule has 1 atom stereocenters. The maximum atomic E-state index is 12.2. The first kappa shape index (κ1) is 13.7. The standard InChI is InChI=1S/C15H15BrN2O/c1-2-14(11-6-4-3-5-7-11)18-15(19)12-8-13(16)10-17-9-12/h3-10,14H,2H2,1H3,(H,18,19)/t14-/m0/s1. The highest BCUT2D eigenvalue weighted by atomic mass is 79.9. The van der Waals surface area contributed by atoms with E-state index in [1.807, 2.05) is 30.3 Å². The van der Waals surface area contributed by atoms with Gasteiger partial charge in [0.05, 0.1) is 11.6 Å². The highest BCUT2D eigenvalue weighted by Crippen LogP contribution is 2.17. The lowest BCUT2D eigenvalue weighted by atomic mass is 10.0. The van der Waals surface area contributed by atoms with Crippen molar-refractivity contribution in [3.63, 3.8) is 0 Å². The minimum Gasteiger partial charge on any atom is -0.345 e. The molecule has 0 radical (unpaired) electrons. The Morgan fingerprint density at radius 2 is 2.05 bits per heavy atom. The second kappa shape index (κ2) is 6.48. The molecule has 0 aliphatic rings. The van der Waals surface area contributed by atoms with Gasteiger partial charge in [0, 0.05) is 16.9 Å². The smallest absolute Gasteiger partial charge is 0.253 e. The topological polar surface area (TPSA) is 42.0 Å². The highest BCUT2D eigenvalue weighted by molar-refractivity contribution is 9.10. The van der Waals surface area contributed by atoms with Crippen molar-refractivity contribution in [1.82, 2.24) is 10.3 Å². The molecule has 98 valence electrons. The Hall–Kier alpha value is -1.68. The third-order valence-electron chi connectivity index (χ3n) is 2.88. The van der Waals surface area contributed by atoms with Crippen LogP contribution >= 0.6 is 15.9 Å². The van der Waals surface area contributed by atoms with Crippen LogP contribution < -0.4 is 5.32 Å². The van der Waals surface area contributed by atoms with Crippen LogP contribution in [0.1, 0.15) is 35.3 Å². The number of aromatic nitrogens is 1. The van der Waals surface area contributed by atoms with Gasteiger partial charge < -0.3 is 5.32 Å². The highest BCUT2D eigenvalue weighted by Gasteiger charge is 2.14. The Kier molecular flexibility index (Phi) is 4.68. The van der Waals surface area contributed by atoms with Crippen molar-refractivity contribution in [2.75, 3.05) is 0 Å². The number of pyridine rings is 1. The number of carbonyl (C=O) groups excluding carboxylic acids is 1. The zero-order valence-corrected chi connectivity index (χ0v) is 12.2. The minimum atomic E-state index is -0.107. The van der Waals surface area contributed by atoms with Gasteiger partial charge in [0.15, 0.2) is 0 Å². The summed E-state index contributed by atoms with van der Waals surface area (Å²) in [6.45, 7) is 2.05. The number of halogens is 1. The first-order chi connectivity index (χ1) is 9.20. The number of nitrogens with zero attached hydrogens (tertiary/aromatic N) is 1. The van der Waals surface area contributed by atoms with E-state index in [9.17, 15) is 4.79 Å². The van der Waals surface area contributed by atoms with Crippen molar-refractivity contribution >= 4 is 21.8 Å². The molecule has 2 aromatic rings. The van der Waals surface area contributed by atoms with Gasteiger partial charge >= 0.3 is 0 Å². The molecule has 0 saturated carbocycles. The normalized spacial score (nSPS) is 11.9. The van der Waals surface area contributed by atoms with Crippen LogP contribution in [0.3, 0.4) is 0 Å². The summed E-state index contributed by atoms with van der Waals surface area (Å²) in [5, 5.41) is 3.03. The largest absolute Gasteiger partial charge is 0.345 e. The molecular formula is C15H15BrN2O. The molecule has 19 heavy (non-hydrogen) atoms. The van der Waals surface area contributed by atoms with Gasteiger partial charge in [0.25, 0.3) is 5.91 Å². The summed E-state index contributed by atoms with van der Waals surface area (Å²) in [5.41, 5.74) is 1.67. The van der Waals surface area contributed by atoms with Crippen molar-refractivity contribution in [2.45, 2.75) is 19.4 Å². The Bertz CT molecular complexity index is 557. The number of rotatable bonds is 4. The molecule has 0 aliphatic heterocycles. The summed E-state index contributed by atoms with van der Waals surface area (Å²) in [7, 11) is 0. The van der Waals surface area contributed by atoms with E-state index < -0.39 is 0 Å². The van der Waals surface area contributed by atoms with Crippen LogP contribution in [-0.4, -0.2) is 10.9 Å². The van der Waals surface area contributed by atoms with Crippen LogP contribution in [0.25, 0.3) is 0 Å². The Labute approximate surface area is 121 Å². The van der Waals surface area contributed by atoms with Crippen LogP contribution in [0, 0.1) is 0 Å². The van der Waals surface area contributed by atoms with E-state index in [1.54, 1.807) is 18.5 Å². The lowest BCUT2D eigenvalue weighted by Gasteiger charge is -2.17. The SMILES string of the molecule is CC[C@H](NC(=O)c1cncc(Br)c1)c1ccccc1. The van der Waals surface area contributed by atoms with E-state index in [0.717, 1.165) is 16.5 Å². The van der Waals surface area contributed by atoms with Crippen LogP contribution in [-0.2, 0) is 0 Å². The molecule has 0 bridgehead atoms. The molecule has 2 rings (SSSR count). The number of carbonyl (C=O) groups is 1. The van der Waals surface area contributed by atoms with Crippen molar-refractivity contribution in [2.24, 2.45) is 0 Å². The fraction of sp³-hybridized carbons (Fsp3) is 0.200. The summed E-state index contributed by atoms with van der Waals surface area (Å²) in [5.74, 6) is -0.107. The molecule has 1 aromatic heterocycles. The van der Waals surface area contributed by atoms with Crippen molar-refractivity contribution in [3.8, 4) is 0 Å². The Balaban J connectivity index is 2.13. The average Bonchev–Trinajstić information content (AvgIpc) is 2.45. The van der Waals surface area contributed by atoms with Crippen molar-refractivity contribution in [1.29, 1.82) is 0 Å². The third-order valence-corrected chi connectivity index (χ3v) is 3.32. The number of amides is 1. The summed E-state index contributed by atoms with van der Waals surface area (Å²) in [4.78, 5) is 16.2. The van der Waals surface area contributed by atoms with Gasteiger partial charge in [-0.3, -0.25) is 9.78 Å². The van der Waals surface area contributed by atoms with Gasteiger partial charge in [-0.05, 0) is 34.0 Å². The van der Waals surface area contributed by atoms with E-state index in [2.05, 4.69) is 33.2 Å². The molecule has 0 unspecified atom stereocenters. The number of nitrogens with one attached hydrogen (secondary N) is 1. The Morgan fingerprint density at radius 3 is 2.68 bits per heavy atom. The van der Waals surface area contributed by atoms with Crippen molar-refractivity contribution in [3.05, 3.63) is 64.4 Å². The van der Waals surface area contributed by atoms with E-state index >= 15 is 0 Å². The van der Waals surface area contributed by atoms with E-state index in [-0.39, 0.29) is 11.9 Å². The second-order valence-corrected chi connectivity index (χ2v) is 5.15. The quantitative estimate of drug-likeness (QED) is 0.933. The van der Waals surface area contributed by atoms with Gasteiger partial charge in [0.1, 0.15) is 0 Å². The summed E-state index contributed by atoms with van der Waals surface area (Å²) in [6.07, 6.45) is 4.07. The maximum absolute atomic E-state index is 12.2. The number of benzene rings is 1. The lowest BCUT2D eigenvalue weighted by Crippen LogP contribution is -2.28. The van der Waals surface area contributed by atoms with Crippen LogP contribution in [0.5, 0.6) is 0 Å². The molecule has 1 heterocycles. The zero-order chi connectivity index (χ0) is 13.7. The molecule has 0 spiro atoms. The molecule has 1 N–H and O–H groups in total. The number of hydrogen-bond acceptors (Lipinski definition) is 2. The molecule has 4 heteroatoms. The average molecular weight is 319 g/mol. The predicted molar refractivity (Wildman–Crippen MR) is 78.9 cm³/mol. The van der Waals surface area contributed by atoms with Gasteiger partial charge in [-0.2, -0.15) is 0 Å². The van der Waals surface area contributed by atoms with Crippen LogP contribution in [0.15, 0.2) is 53.3 Å². The van der Waals surface area contributed by atoms with Crippen LogP contribution in [0.4, 0.5) is 0 Å². The summed E-state index contributed by atoms with van der Waals surface area (Å²) in [6, 6.07) is 11.8. The Morgan fingerprint density at radius 1 is 1.32 bits per heavy atom. The van der Waals surface area contributed by atoms with Gasteiger partial charge in [-0.1, -0.05) is 37.3 Å². The van der Waals surface area contributed by atoms with Crippen molar-refractivity contribution < 1.29 is 4.79 Å². The predicted octanol–water partition coefficient (Wildman–Crippen LogP) is 3.73. The molecular weight excluding hydrogens is 304 g/mol.